The van der Waals surface area contributed by atoms with E-state index in [1.807, 2.05) is 6.07 Å². The van der Waals surface area contributed by atoms with E-state index in [9.17, 15) is 19.1 Å². The molecular formula is C19H14FN5O3S. The minimum absolute atomic E-state index is 0.0303. The van der Waals surface area contributed by atoms with Gasteiger partial charge in [0, 0.05) is 35.2 Å². The Balaban J connectivity index is 1.74. The molecule has 8 nitrogen and oxygen atoms in total. The van der Waals surface area contributed by atoms with Crippen LogP contribution in [0.25, 0.3) is 10.1 Å². The summed E-state index contributed by atoms with van der Waals surface area (Å²) in [5.74, 6) is -1.45. The third kappa shape index (κ3) is 3.65. The first-order chi connectivity index (χ1) is 13.9. The van der Waals surface area contributed by atoms with Crippen molar-refractivity contribution in [3.63, 3.8) is 0 Å². The van der Waals surface area contributed by atoms with E-state index in [1.165, 1.54) is 40.2 Å². The quantitative estimate of drug-likeness (QED) is 0.459. The van der Waals surface area contributed by atoms with Crippen molar-refractivity contribution in [1.29, 1.82) is 0 Å². The molecule has 0 aliphatic heterocycles. The molecule has 146 valence electrons. The number of halogens is 1. The van der Waals surface area contributed by atoms with Gasteiger partial charge in [0.25, 0.3) is 5.56 Å². The second-order valence-electron chi connectivity index (χ2n) is 6.14. The van der Waals surface area contributed by atoms with Crippen molar-refractivity contribution in [3.05, 3.63) is 69.8 Å². The number of nitrogens with zero attached hydrogens (tertiary/aromatic N) is 3. The van der Waals surface area contributed by atoms with Gasteiger partial charge in [-0.1, -0.05) is 0 Å². The van der Waals surface area contributed by atoms with E-state index in [0.29, 0.717) is 16.8 Å². The highest BCUT2D eigenvalue weighted by Gasteiger charge is 2.17. The molecule has 0 unspecified atom stereocenters. The zero-order valence-electron chi connectivity index (χ0n) is 15.0. The van der Waals surface area contributed by atoms with Crippen LogP contribution in [0, 0.1) is 5.82 Å². The van der Waals surface area contributed by atoms with Crippen molar-refractivity contribution < 1.29 is 14.3 Å². The Morgan fingerprint density at radius 2 is 1.97 bits per heavy atom. The van der Waals surface area contributed by atoms with Crippen molar-refractivity contribution in [2.24, 2.45) is 7.05 Å². The lowest BCUT2D eigenvalue weighted by atomic mass is 10.2. The van der Waals surface area contributed by atoms with Gasteiger partial charge in [-0.25, -0.2) is 14.2 Å². The van der Waals surface area contributed by atoms with Gasteiger partial charge in [-0.3, -0.25) is 4.79 Å². The Bertz CT molecular complexity index is 1280. The molecule has 3 N–H and O–H groups in total. The number of benzene rings is 1. The molecule has 1 aromatic carbocycles. The number of hydrogen-bond donors (Lipinski definition) is 3. The zero-order chi connectivity index (χ0) is 20.5. The molecule has 4 aromatic rings. The lowest BCUT2D eigenvalue weighted by molar-refractivity contribution is 0.0697. The highest BCUT2D eigenvalue weighted by Crippen LogP contribution is 2.30. The maximum atomic E-state index is 13.1. The number of hydrogen-bond acceptors (Lipinski definition) is 7. The molecule has 29 heavy (non-hydrogen) atoms. The Kier molecular flexibility index (Phi) is 4.69. The number of carbonyl (C=O) groups is 1. The van der Waals surface area contributed by atoms with Gasteiger partial charge < -0.3 is 20.3 Å². The second kappa shape index (κ2) is 7.32. The van der Waals surface area contributed by atoms with Crippen molar-refractivity contribution in [1.82, 2.24) is 14.5 Å². The summed E-state index contributed by atoms with van der Waals surface area (Å²) in [6.07, 6.45) is 2.83. The van der Waals surface area contributed by atoms with E-state index >= 15 is 0 Å². The van der Waals surface area contributed by atoms with E-state index in [4.69, 9.17) is 0 Å². The van der Waals surface area contributed by atoms with Crippen molar-refractivity contribution in [2.45, 2.75) is 0 Å². The van der Waals surface area contributed by atoms with Crippen LogP contribution in [0.4, 0.5) is 27.5 Å². The fourth-order valence-electron chi connectivity index (χ4n) is 2.72. The van der Waals surface area contributed by atoms with Gasteiger partial charge in [-0.05, 0) is 30.3 Å². The number of carboxylic acid groups (broad SMARTS) is 1. The number of fused-ring (bicyclic) bond motifs is 1. The predicted molar refractivity (Wildman–Crippen MR) is 109 cm³/mol. The van der Waals surface area contributed by atoms with Crippen molar-refractivity contribution in [2.75, 3.05) is 10.6 Å². The summed E-state index contributed by atoms with van der Waals surface area (Å²) in [7, 11) is 1.64. The third-order valence-corrected chi connectivity index (χ3v) is 5.12. The van der Waals surface area contributed by atoms with Crippen LogP contribution in [-0.2, 0) is 7.05 Å². The minimum atomic E-state index is -1.21. The van der Waals surface area contributed by atoms with Crippen LogP contribution in [-0.4, -0.2) is 25.6 Å². The van der Waals surface area contributed by atoms with Crippen LogP contribution in [0.3, 0.4) is 0 Å². The number of pyridine rings is 1. The molecule has 10 heteroatoms. The standard InChI is InChI=1S/C19H14FN5O3S/c1-25-7-6-14-15(17(25)26)13(9-29-14)23-16-12(18(27)28)8-21-19(24-16)22-11-4-2-10(20)3-5-11/h2-9H,1H3,(H,27,28)(H2,21,22,23,24). The van der Waals surface area contributed by atoms with Gasteiger partial charge in [0.2, 0.25) is 5.95 Å². The molecule has 0 radical (unpaired) electrons. The van der Waals surface area contributed by atoms with Crippen molar-refractivity contribution >= 4 is 50.5 Å². The van der Waals surface area contributed by atoms with Gasteiger partial charge in [0.05, 0.1) is 11.1 Å². The molecule has 0 atom stereocenters. The van der Waals surface area contributed by atoms with E-state index < -0.39 is 5.97 Å². The Morgan fingerprint density at radius 3 is 2.69 bits per heavy atom. The number of carboxylic acids is 1. The summed E-state index contributed by atoms with van der Waals surface area (Å²) in [5, 5.41) is 17.5. The monoisotopic (exact) mass is 411 g/mol. The Labute approximate surface area is 167 Å². The van der Waals surface area contributed by atoms with Crippen molar-refractivity contribution in [3.8, 4) is 0 Å². The predicted octanol–water partition coefficient (Wildman–Crippen LogP) is 3.71. The molecule has 0 saturated carbocycles. The molecule has 4 rings (SSSR count). The molecule has 0 saturated heterocycles. The summed E-state index contributed by atoms with van der Waals surface area (Å²) >= 11 is 1.36. The Hall–Kier alpha value is -3.79. The summed E-state index contributed by atoms with van der Waals surface area (Å²) in [6, 6.07) is 7.38. The van der Waals surface area contributed by atoms with Gasteiger partial charge in [0.1, 0.15) is 11.4 Å². The van der Waals surface area contributed by atoms with Crippen LogP contribution >= 0.6 is 11.3 Å². The molecule has 0 fully saturated rings. The summed E-state index contributed by atoms with van der Waals surface area (Å²) < 4.78 is 15.3. The summed E-state index contributed by atoms with van der Waals surface area (Å²) in [5.41, 5.74) is 0.638. The largest absolute Gasteiger partial charge is 0.477 e. The number of aryl methyl sites for hydroxylation is 1. The number of thiophene rings is 1. The average molecular weight is 411 g/mol. The van der Waals surface area contributed by atoms with E-state index in [2.05, 4.69) is 20.6 Å². The normalized spacial score (nSPS) is 10.8. The molecule has 3 heterocycles. The number of aromatic carboxylic acids is 1. The van der Waals surface area contributed by atoms with Crippen LogP contribution in [0.1, 0.15) is 10.4 Å². The molecular weight excluding hydrogens is 397 g/mol. The van der Waals surface area contributed by atoms with E-state index in [0.717, 1.165) is 10.9 Å². The first-order valence-electron chi connectivity index (χ1n) is 8.39. The highest BCUT2D eigenvalue weighted by molar-refractivity contribution is 7.17. The van der Waals surface area contributed by atoms with Crippen LogP contribution in [0.5, 0.6) is 0 Å². The molecule has 0 bridgehead atoms. The van der Waals surface area contributed by atoms with Gasteiger partial charge in [-0.2, -0.15) is 4.98 Å². The molecule has 3 aromatic heterocycles. The molecule has 0 aliphatic carbocycles. The van der Waals surface area contributed by atoms with Crippen LogP contribution < -0.4 is 16.2 Å². The minimum Gasteiger partial charge on any atom is -0.477 e. The molecule has 0 aliphatic rings. The maximum absolute atomic E-state index is 13.1. The summed E-state index contributed by atoms with van der Waals surface area (Å²) in [6.45, 7) is 0. The first-order valence-corrected chi connectivity index (χ1v) is 9.27. The summed E-state index contributed by atoms with van der Waals surface area (Å²) in [4.78, 5) is 32.3. The highest BCUT2D eigenvalue weighted by atomic mass is 32.1. The SMILES string of the molecule is Cn1ccc2scc(Nc3nc(Nc4ccc(F)cc4)ncc3C(=O)O)c2c1=O. The first kappa shape index (κ1) is 18.6. The van der Waals surface area contributed by atoms with Crippen LogP contribution in [0.2, 0.25) is 0 Å². The average Bonchev–Trinajstić information content (AvgIpc) is 3.10. The van der Waals surface area contributed by atoms with Crippen LogP contribution in [0.15, 0.2) is 52.9 Å². The molecule has 0 amide bonds. The number of aromatic nitrogens is 3. The lowest BCUT2D eigenvalue weighted by Crippen LogP contribution is -2.16. The number of anilines is 4. The smallest absolute Gasteiger partial charge is 0.341 e. The topological polar surface area (TPSA) is 109 Å². The number of rotatable bonds is 5. The van der Waals surface area contributed by atoms with Gasteiger partial charge >= 0.3 is 5.97 Å². The fourth-order valence-corrected chi connectivity index (χ4v) is 3.59. The van der Waals surface area contributed by atoms with Gasteiger partial charge in [0.15, 0.2) is 5.82 Å². The second-order valence-corrected chi connectivity index (χ2v) is 7.05. The Morgan fingerprint density at radius 1 is 1.21 bits per heavy atom. The maximum Gasteiger partial charge on any atom is 0.341 e. The molecule has 0 spiro atoms. The number of nitrogens with one attached hydrogen (secondary N) is 2. The third-order valence-electron chi connectivity index (χ3n) is 4.18. The zero-order valence-corrected chi connectivity index (χ0v) is 15.8. The van der Waals surface area contributed by atoms with E-state index in [-0.39, 0.29) is 28.7 Å². The lowest BCUT2D eigenvalue weighted by Gasteiger charge is -2.11. The fraction of sp³-hybridized carbons (Fsp3) is 0.0526. The van der Waals surface area contributed by atoms with Gasteiger partial charge in [-0.15, -0.1) is 11.3 Å². The van der Waals surface area contributed by atoms with E-state index in [1.54, 1.807) is 18.6 Å².